The van der Waals surface area contributed by atoms with E-state index in [2.05, 4.69) is 75.9 Å². The van der Waals surface area contributed by atoms with Crippen molar-refractivity contribution in [3.8, 4) is 0 Å². The van der Waals surface area contributed by atoms with Gasteiger partial charge in [-0.3, -0.25) is 9.79 Å². The van der Waals surface area contributed by atoms with Gasteiger partial charge in [-0.2, -0.15) is 0 Å². The van der Waals surface area contributed by atoms with Crippen molar-refractivity contribution >= 4 is 40.0 Å². The van der Waals surface area contributed by atoms with Gasteiger partial charge >= 0.3 is 5.97 Å². The predicted molar refractivity (Wildman–Crippen MR) is 343 cm³/mol. The fraction of sp³-hybridized carbons (Fsp3) is 0.672. The van der Waals surface area contributed by atoms with Crippen molar-refractivity contribution in [3.05, 3.63) is 114 Å². The number of piperidine rings is 1. The third-order valence-electron chi connectivity index (χ3n) is 20.0. The first kappa shape index (κ1) is 69.2. The summed E-state index contributed by atoms with van der Waals surface area (Å²) in [6.07, 6.45) is -7.13. The van der Waals surface area contributed by atoms with Gasteiger partial charge in [-0.1, -0.05) is 91.9 Å². The summed E-state index contributed by atoms with van der Waals surface area (Å²) in [5.41, 5.74) is 1.17. The van der Waals surface area contributed by atoms with Gasteiger partial charge in [-0.15, -0.1) is 5.10 Å². The van der Waals surface area contributed by atoms with Gasteiger partial charge < -0.3 is 73.4 Å². The van der Waals surface area contributed by atoms with Crippen LogP contribution >= 0.6 is 22.6 Å². The topological polar surface area (TPSA) is 236 Å². The number of aliphatic hydroxyl groups is 5. The lowest BCUT2D eigenvalue weighted by molar-refractivity contribution is -0.318. The molecular formula is C67H97FIN7O13. The molecule has 5 heterocycles. The van der Waals surface area contributed by atoms with Gasteiger partial charge in [0.15, 0.2) is 16.7 Å². The number of benzene rings is 3. The number of carbonyl (C=O) groups is 1. The average molecular weight is 1350 g/mol. The first-order chi connectivity index (χ1) is 42.2. The highest BCUT2D eigenvalue weighted by atomic mass is 127. The van der Waals surface area contributed by atoms with Gasteiger partial charge in [0.1, 0.15) is 42.7 Å². The summed E-state index contributed by atoms with van der Waals surface area (Å²) in [5, 5.41) is 68.7. The summed E-state index contributed by atoms with van der Waals surface area (Å²) in [6.45, 7) is 17.5. The van der Waals surface area contributed by atoms with E-state index in [0.29, 0.717) is 43.5 Å². The first-order valence-electron chi connectivity index (χ1n) is 31.6. The number of aliphatic hydroxyl groups excluding tert-OH is 3. The molecule has 0 radical (unpaired) electrons. The Morgan fingerprint density at radius 2 is 1.49 bits per heavy atom. The maximum Gasteiger partial charge on any atom is 0.312 e. The molecule has 1 aliphatic carbocycles. The largest absolute Gasteiger partial charge is 0.448 e. The molecule has 4 saturated heterocycles. The van der Waals surface area contributed by atoms with Gasteiger partial charge in [0.05, 0.1) is 59.0 Å². The maximum absolute atomic E-state index is 15.3. The van der Waals surface area contributed by atoms with Crippen molar-refractivity contribution in [2.75, 3.05) is 66.1 Å². The molecule has 492 valence electrons. The second kappa shape index (κ2) is 29.0. The van der Waals surface area contributed by atoms with Crippen LogP contribution in [-0.4, -0.2) is 218 Å². The number of ether oxygens (including phenoxy) is 7. The Kier molecular flexibility index (Phi) is 22.6. The van der Waals surface area contributed by atoms with E-state index in [-0.39, 0.29) is 24.8 Å². The smallest absolute Gasteiger partial charge is 0.312 e. The van der Waals surface area contributed by atoms with Crippen molar-refractivity contribution in [2.45, 2.75) is 194 Å². The van der Waals surface area contributed by atoms with E-state index in [9.17, 15) is 30.3 Å². The van der Waals surface area contributed by atoms with Crippen molar-refractivity contribution in [3.63, 3.8) is 0 Å². The van der Waals surface area contributed by atoms with Crippen molar-refractivity contribution < 1.29 is 67.9 Å². The molecule has 3 aromatic carbocycles. The number of carbonyl (C=O) groups excluding carboxylic acids is 1. The molecule has 4 aliphatic heterocycles. The molecule has 0 spiro atoms. The molecule has 22 heteroatoms. The minimum Gasteiger partial charge on any atom is -0.448 e. The highest BCUT2D eigenvalue weighted by Gasteiger charge is 2.57. The number of hydrogen-bond acceptors (Lipinski definition) is 19. The highest BCUT2D eigenvalue weighted by Crippen LogP contribution is 2.50. The van der Waals surface area contributed by atoms with Crippen molar-refractivity contribution in [1.29, 1.82) is 0 Å². The second-order valence-electron chi connectivity index (χ2n) is 26.9. The van der Waals surface area contributed by atoms with Gasteiger partial charge in [0.25, 0.3) is 0 Å². The van der Waals surface area contributed by atoms with Crippen LogP contribution in [0.2, 0.25) is 0 Å². The summed E-state index contributed by atoms with van der Waals surface area (Å²) in [4.78, 5) is 26.1. The van der Waals surface area contributed by atoms with E-state index in [1.165, 1.54) is 18.7 Å². The average Bonchev–Trinajstić information content (AvgIpc) is 1.60. The Morgan fingerprint density at radius 3 is 2.09 bits per heavy atom. The molecule has 0 unspecified atom stereocenters. The summed E-state index contributed by atoms with van der Waals surface area (Å²) < 4.78 is 59.9. The third kappa shape index (κ3) is 15.4. The van der Waals surface area contributed by atoms with Gasteiger partial charge in [0.2, 0.25) is 0 Å². The lowest BCUT2D eigenvalue weighted by Gasteiger charge is -2.49. The molecule has 5 aliphatic rings. The van der Waals surface area contributed by atoms with E-state index >= 15 is 4.39 Å². The van der Waals surface area contributed by atoms with Crippen LogP contribution in [0.15, 0.2) is 96.1 Å². The number of rotatable bonds is 18. The van der Waals surface area contributed by atoms with Crippen molar-refractivity contribution in [2.24, 2.45) is 34.6 Å². The number of aromatic nitrogens is 3. The summed E-state index contributed by atoms with van der Waals surface area (Å²) in [6, 6.07) is 27.3. The molecule has 1 aromatic heterocycles. The Hall–Kier alpha value is -4.12. The molecule has 9 rings (SSSR count). The molecule has 0 bridgehead atoms. The van der Waals surface area contributed by atoms with Gasteiger partial charge in [-0.25, -0.2) is 9.07 Å². The first-order valence-corrected chi connectivity index (χ1v) is 32.9. The molecule has 23 atom stereocenters. The second-order valence-corrected chi connectivity index (χ2v) is 28.1. The number of anilines is 1. The molecule has 5 N–H and O–H groups in total. The lowest BCUT2D eigenvalue weighted by Crippen LogP contribution is -2.60. The quantitative estimate of drug-likeness (QED) is 0.0293. The Labute approximate surface area is 538 Å². The zero-order chi connectivity index (χ0) is 64.4. The summed E-state index contributed by atoms with van der Waals surface area (Å²) in [7, 11) is 6.79. The highest BCUT2D eigenvalue weighted by molar-refractivity contribution is 14.1. The Morgan fingerprint density at radius 1 is 0.865 bits per heavy atom. The maximum atomic E-state index is 15.3. The number of aliphatic imine (C=N–C) groups is 1. The number of nitrogens with zero attached hydrogens (tertiary/aromatic N) is 7. The van der Waals surface area contributed by atoms with Crippen LogP contribution in [0, 0.1) is 29.6 Å². The van der Waals surface area contributed by atoms with Crippen molar-refractivity contribution in [1.82, 2.24) is 24.8 Å². The zero-order valence-corrected chi connectivity index (χ0v) is 56.1. The van der Waals surface area contributed by atoms with Crippen LogP contribution < -0.4 is 4.90 Å². The molecule has 1 saturated carbocycles. The Bertz CT molecular complexity index is 2900. The molecule has 4 aromatic rings. The van der Waals surface area contributed by atoms with Crippen LogP contribution in [0.4, 0.5) is 10.1 Å². The minimum absolute atomic E-state index is 0.0789. The van der Waals surface area contributed by atoms with Gasteiger partial charge in [0, 0.05) is 106 Å². The number of hydrogen-bond donors (Lipinski definition) is 5. The molecule has 89 heavy (non-hydrogen) atoms. The van der Waals surface area contributed by atoms with Crippen LogP contribution in [0.25, 0.3) is 0 Å². The van der Waals surface area contributed by atoms with E-state index in [1.54, 1.807) is 54.8 Å². The molecule has 0 amide bonds. The zero-order valence-electron chi connectivity index (χ0n) is 54.0. The standard InChI is InChI=1S/C67H97FIN7O13/c1-38-31-65(7,81)61(40(3)57(87-53-32-66(8,84-13)60(79)43(6)86-53)41(4)62(80)89-64(69)67(9,82)59(78)42(5)74(11)34-38)88-63-56(77)51(30-39(2)85-63)73(10)29-28-47-35-76(72-71-47)52(33-68)58(83-12)46-24-26-48(27-25-46)75-36-49-50(37-75)55(49)70-54(44-20-16-14-17-21-44)45-22-18-15-19-23-45/h14-27,35,38-43,49-53,55-61,63-64,77-79,81-82H,28-34,36-37H2,1-13H3/t38-,39-,40+,41-,42-,43+,49-,50+,51+,52-,53+,55+,56-,57+,58-,59-,60+,61-,63+,64+,65-,66-,67+/m1/s1. The SMILES string of the molecule is CO[C@H](c1ccc(N2C[C@@H]3[C@H](C2)[C@H]3N=C(c2ccccc2)c2ccccc2)cc1)[C@@H](CF)n1cc(CCN(C)[C@H]2C[C@@H](C)O[C@@H](O[C@@H]3[C@@H](C)[C@H](O[C@H]4C[C@@](C)(OC)[C@@H](O)[C@H](C)O4)[C@@H](C)C(=O)O[C@H](I)[C@@](C)(O)[C@H](O)[C@@H](C)N(C)C[C@H](C)C[C@@]3(C)O)[C@@H]2O)nn1. The lowest BCUT2D eigenvalue weighted by atomic mass is 9.77. The minimum atomic E-state index is -1.88. The van der Waals surface area contributed by atoms with Crippen LogP contribution in [-0.2, 0) is 44.4 Å². The summed E-state index contributed by atoms with van der Waals surface area (Å²) in [5.74, 6) is -1.99. The van der Waals surface area contributed by atoms with Crippen LogP contribution in [0.1, 0.15) is 116 Å². The number of cyclic esters (lactones) is 1. The van der Waals surface area contributed by atoms with E-state index in [1.807, 2.05) is 84.6 Å². The fourth-order valence-electron chi connectivity index (χ4n) is 14.4. The van der Waals surface area contributed by atoms with Crippen LogP contribution in [0.5, 0.6) is 0 Å². The number of alkyl halides is 2. The number of methoxy groups -OCH3 is 2. The summed E-state index contributed by atoms with van der Waals surface area (Å²) >= 11 is 1.83. The Balaban J connectivity index is 0.874. The molecular weight excluding hydrogens is 1260 g/mol. The number of esters is 1. The predicted octanol–water partition coefficient (Wildman–Crippen LogP) is 6.96. The van der Waals surface area contributed by atoms with Gasteiger partial charge in [-0.05, 0) is 122 Å². The fourth-order valence-corrected chi connectivity index (χ4v) is 15.0. The third-order valence-corrected chi connectivity index (χ3v) is 21.5. The number of fused-ring (bicyclic) bond motifs is 1. The number of likely N-dealkylation sites (N-methyl/N-ethyl adjacent to an activating group) is 2. The monoisotopic (exact) mass is 1350 g/mol. The van der Waals surface area contributed by atoms with E-state index in [0.717, 1.165) is 41.2 Å². The van der Waals surface area contributed by atoms with E-state index < -0.39 is 125 Å². The molecule has 5 fully saturated rings. The van der Waals surface area contributed by atoms with Crippen LogP contribution in [0.3, 0.4) is 0 Å². The molecule has 20 nitrogen and oxygen atoms in total. The normalized spacial score (nSPS) is 38.3. The van der Waals surface area contributed by atoms with E-state index in [4.69, 9.17) is 38.2 Å². The number of halogens is 2.